The van der Waals surface area contributed by atoms with Gasteiger partial charge in [0.1, 0.15) is 11.6 Å². The highest BCUT2D eigenvalue weighted by atomic mass is 19.1. The number of anilines is 1. The standard InChI is InChI=1S/C21H14FN5O2/c1-3-14-9-13(10-17(22)19(14)29-2)12-24-27-21-25-18(15-7-5-4-6-8-15)16(11-23)20(28)26-21/h1,4-10,12H,2H3,(H2,25,26,27,28). The number of H-pyrrole nitrogens is 1. The number of rotatable bonds is 5. The van der Waals surface area contributed by atoms with Crippen molar-refractivity contribution in [3.8, 4) is 35.4 Å². The predicted molar refractivity (Wildman–Crippen MR) is 107 cm³/mol. The Morgan fingerprint density at radius 2 is 2.10 bits per heavy atom. The number of hydrogen-bond acceptors (Lipinski definition) is 6. The van der Waals surface area contributed by atoms with Gasteiger partial charge in [0.15, 0.2) is 11.6 Å². The summed E-state index contributed by atoms with van der Waals surface area (Å²) in [6, 6.07) is 13.4. The lowest BCUT2D eigenvalue weighted by atomic mass is 10.1. The van der Waals surface area contributed by atoms with Gasteiger partial charge >= 0.3 is 0 Å². The molecule has 0 aliphatic carbocycles. The van der Waals surface area contributed by atoms with E-state index in [1.165, 1.54) is 25.5 Å². The summed E-state index contributed by atoms with van der Waals surface area (Å²) < 4.78 is 19.0. The highest BCUT2D eigenvalue weighted by Gasteiger charge is 2.13. The average Bonchev–Trinajstić information content (AvgIpc) is 2.73. The number of nitriles is 1. The molecule has 0 bridgehead atoms. The van der Waals surface area contributed by atoms with Gasteiger partial charge in [-0.05, 0) is 17.7 Å². The fourth-order valence-electron chi connectivity index (χ4n) is 2.61. The molecule has 3 rings (SSSR count). The Hall–Kier alpha value is -4.43. The minimum atomic E-state index is -0.624. The predicted octanol–water partition coefficient (Wildman–Crippen LogP) is 2.88. The van der Waals surface area contributed by atoms with E-state index in [2.05, 4.69) is 26.4 Å². The van der Waals surface area contributed by atoms with Crippen molar-refractivity contribution in [3.63, 3.8) is 0 Å². The van der Waals surface area contributed by atoms with Crippen LogP contribution in [-0.4, -0.2) is 23.3 Å². The molecule has 0 aliphatic rings. The average molecular weight is 387 g/mol. The van der Waals surface area contributed by atoms with Crippen molar-refractivity contribution >= 4 is 12.2 Å². The smallest absolute Gasteiger partial charge is 0.270 e. The van der Waals surface area contributed by atoms with E-state index in [1.807, 2.05) is 12.1 Å². The van der Waals surface area contributed by atoms with Crippen LogP contribution in [0.4, 0.5) is 10.3 Å². The molecule has 8 heteroatoms. The summed E-state index contributed by atoms with van der Waals surface area (Å²) in [5.74, 6) is 1.72. The van der Waals surface area contributed by atoms with Gasteiger partial charge in [-0.1, -0.05) is 36.3 Å². The van der Waals surface area contributed by atoms with Crippen molar-refractivity contribution in [2.75, 3.05) is 12.5 Å². The maximum atomic E-state index is 14.0. The molecule has 3 aromatic rings. The molecule has 0 aliphatic heterocycles. The summed E-state index contributed by atoms with van der Waals surface area (Å²) in [6.45, 7) is 0. The van der Waals surface area contributed by atoms with Gasteiger partial charge in [0.25, 0.3) is 5.56 Å². The first kappa shape index (κ1) is 19.3. The minimum Gasteiger partial charge on any atom is -0.492 e. The van der Waals surface area contributed by atoms with Crippen molar-refractivity contribution in [3.05, 3.63) is 75.3 Å². The lowest BCUT2D eigenvalue weighted by Crippen LogP contribution is -2.16. The first-order valence-corrected chi connectivity index (χ1v) is 8.30. The van der Waals surface area contributed by atoms with E-state index in [9.17, 15) is 14.4 Å². The van der Waals surface area contributed by atoms with Crippen LogP contribution < -0.4 is 15.7 Å². The molecular weight excluding hydrogens is 373 g/mol. The molecule has 0 amide bonds. The third-order valence-electron chi connectivity index (χ3n) is 3.89. The summed E-state index contributed by atoms with van der Waals surface area (Å²) in [7, 11) is 1.33. The van der Waals surface area contributed by atoms with Gasteiger partial charge in [0.05, 0.1) is 24.6 Å². The van der Waals surface area contributed by atoms with Gasteiger partial charge in [0.2, 0.25) is 5.95 Å². The number of hydrogen-bond donors (Lipinski definition) is 2. The second-order valence-corrected chi connectivity index (χ2v) is 5.71. The maximum Gasteiger partial charge on any atom is 0.270 e. The number of methoxy groups -OCH3 is 1. The Kier molecular flexibility index (Phi) is 5.67. The molecule has 0 unspecified atom stereocenters. The highest BCUT2D eigenvalue weighted by Crippen LogP contribution is 2.23. The summed E-state index contributed by atoms with van der Waals surface area (Å²) in [5.41, 5.74) is 3.30. The lowest BCUT2D eigenvalue weighted by Gasteiger charge is -2.07. The van der Waals surface area contributed by atoms with Crippen molar-refractivity contribution in [2.24, 2.45) is 5.10 Å². The molecule has 0 fully saturated rings. The molecule has 1 aromatic heterocycles. The monoisotopic (exact) mass is 387 g/mol. The Bertz CT molecular complexity index is 1220. The second-order valence-electron chi connectivity index (χ2n) is 5.71. The zero-order valence-corrected chi connectivity index (χ0v) is 15.2. The fourth-order valence-corrected chi connectivity index (χ4v) is 2.61. The van der Waals surface area contributed by atoms with Crippen LogP contribution in [0.25, 0.3) is 11.3 Å². The minimum absolute atomic E-state index is 0.0234. The first-order chi connectivity index (χ1) is 14.1. The van der Waals surface area contributed by atoms with Gasteiger partial charge in [-0.3, -0.25) is 9.78 Å². The summed E-state index contributed by atoms with van der Waals surface area (Å²) in [6.07, 6.45) is 6.68. The molecule has 1 heterocycles. The van der Waals surface area contributed by atoms with Gasteiger partial charge in [0, 0.05) is 5.56 Å². The summed E-state index contributed by atoms with van der Waals surface area (Å²) in [5, 5.41) is 13.2. The van der Waals surface area contributed by atoms with Crippen LogP contribution in [0.3, 0.4) is 0 Å². The summed E-state index contributed by atoms with van der Waals surface area (Å²) >= 11 is 0. The third-order valence-corrected chi connectivity index (χ3v) is 3.89. The molecule has 0 radical (unpaired) electrons. The van der Waals surface area contributed by atoms with Crippen molar-refractivity contribution < 1.29 is 9.13 Å². The zero-order chi connectivity index (χ0) is 20.8. The van der Waals surface area contributed by atoms with Gasteiger partial charge in [-0.25, -0.2) is 14.8 Å². The molecular formula is C21H14FN5O2. The molecule has 2 aromatic carbocycles. The van der Waals surface area contributed by atoms with Crippen LogP contribution in [0.2, 0.25) is 0 Å². The number of ether oxygens (including phenoxy) is 1. The van der Waals surface area contributed by atoms with Gasteiger partial charge in [-0.15, -0.1) is 6.42 Å². The van der Waals surface area contributed by atoms with Crippen molar-refractivity contribution in [2.45, 2.75) is 0 Å². The lowest BCUT2D eigenvalue weighted by molar-refractivity contribution is 0.385. The molecule has 7 nitrogen and oxygen atoms in total. The van der Waals surface area contributed by atoms with Crippen LogP contribution in [0.5, 0.6) is 5.75 Å². The molecule has 0 saturated carbocycles. The maximum absolute atomic E-state index is 14.0. The van der Waals surface area contributed by atoms with Gasteiger partial charge < -0.3 is 4.74 Å². The molecule has 0 atom stereocenters. The Morgan fingerprint density at radius 1 is 1.34 bits per heavy atom. The van der Waals surface area contributed by atoms with E-state index in [0.29, 0.717) is 11.1 Å². The van der Waals surface area contributed by atoms with Crippen LogP contribution in [0, 0.1) is 29.5 Å². The van der Waals surface area contributed by atoms with E-state index in [4.69, 9.17) is 11.2 Å². The number of hydrazone groups is 1. The Balaban J connectivity index is 1.91. The zero-order valence-electron chi connectivity index (χ0n) is 15.2. The first-order valence-electron chi connectivity index (χ1n) is 8.30. The number of nitrogens with zero attached hydrogens (tertiary/aromatic N) is 3. The van der Waals surface area contributed by atoms with E-state index in [-0.39, 0.29) is 28.5 Å². The topological polar surface area (TPSA) is 103 Å². The van der Waals surface area contributed by atoms with E-state index < -0.39 is 11.4 Å². The molecule has 29 heavy (non-hydrogen) atoms. The summed E-state index contributed by atoms with van der Waals surface area (Å²) in [4.78, 5) is 18.9. The quantitative estimate of drug-likeness (QED) is 0.398. The van der Waals surface area contributed by atoms with Gasteiger partial charge in [-0.2, -0.15) is 10.4 Å². The van der Waals surface area contributed by atoms with E-state index in [0.717, 1.165) is 0 Å². The van der Waals surface area contributed by atoms with Crippen molar-refractivity contribution in [1.82, 2.24) is 9.97 Å². The highest BCUT2D eigenvalue weighted by molar-refractivity contribution is 5.81. The number of aromatic nitrogens is 2. The van der Waals surface area contributed by atoms with Crippen LogP contribution >= 0.6 is 0 Å². The fraction of sp³-hybridized carbons (Fsp3) is 0.0476. The molecule has 0 spiro atoms. The number of terminal acetylenes is 1. The molecule has 2 N–H and O–H groups in total. The number of aromatic amines is 1. The van der Waals surface area contributed by atoms with Crippen LogP contribution in [0.15, 0.2) is 52.4 Å². The Labute approximate surface area is 165 Å². The van der Waals surface area contributed by atoms with Crippen LogP contribution in [0.1, 0.15) is 16.7 Å². The third kappa shape index (κ3) is 4.12. The van der Waals surface area contributed by atoms with Crippen molar-refractivity contribution in [1.29, 1.82) is 5.26 Å². The van der Waals surface area contributed by atoms with E-state index >= 15 is 0 Å². The Morgan fingerprint density at radius 3 is 2.76 bits per heavy atom. The number of halogens is 1. The molecule has 0 saturated heterocycles. The normalized spacial score (nSPS) is 10.3. The number of benzene rings is 2. The van der Waals surface area contributed by atoms with E-state index in [1.54, 1.807) is 24.3 Å². The number of nitrogens with one attached hydrogen (secondary N) is 2. The second kappa shape index (κ2) is 8.51. The largest absolute Gasteiger partial charge is 0.492 e. The molecule has 142 valence electrons. The van der Waals surface area contributed by atoms with Crippen LogP contribution in [-0.2, 0) is 0 Å². The SMILES string of the molecule is C#Cc1cc(C=NNc2nc(-c3ccccc3)c(C#N)c(=O)[nH]2)cc(F)c1OC.